The highest BCUT2D eigenvalue weighted by Gasteiger charge is 2.32. The number of rotatable bonds is 3. The number of aromatic nitrogens is 2. The zero-order chi connectivity index (χ0) is 15.8. The van der Waals surface area contributed by atoms with Crippen LogP contribution in [-0.4, -0.2) is 26.4 Å². The van der Waals surface area contributed by atoms with Crippen molar-refractivity contribution in [1.29, 1.82) is 0 Å². The number of pyridine rings is 1. The summed E-state index contributed by atoms with van der Waals surface area (Å²) in [7, 11) is 0. The molecule has 2 heterocycles. The van der Waals surface area contributed by atoms with Crippen LogP contribution in [0.15, 0.2) is 30.6 Å². The molecule has 0 spiro atoms. The number of halogens is 3. The van der Waals surface area contributed by atoms with Gasteiger partial charge in [-0.1, -0.05) is 0 Å². The van der Waals surface area contributed by atoms with E-state index in [-0.39, 0.29) is 22.7 Å². The van der Waals surface area contributed by atoms with Crippen LogP contribution in [0.3, 0.4) is 0 Å². The number of hydrogen-bond acceptors (Lipinski definition) is 3. The third-order valence-electron chi connectivity index (χ3n) is 2.76. The SMILES string of the molecule is CC(=O)c1cc(C(=O)O)n(-c2ccc(C(F)(F)F)nc2)c1. The molecule has 0 aliphatic carbocycles. The number of aromatic carboxylic acids is 1. The predicted molar refractivity (Wildman–Crippen MR) is 65.5 cm³/mol. The Balaban J connectivity index is 2.51. The highest BCUT2D eigenvalue weighted by Crippen LogP contribution is 2.28. The third kappa shape index (κ3) is 2.93. The van der Waals surface area contributed by atoms with E-state index in [1.165, 1.54) is 13.1 Å². The molecular weight excluding hydrogens is 289 g/mol. The Morgan fingerprint density at radius 3 is 2.38 bits per heavy atom. The van der Waals surface area contributed by atoms with Crippen LogP contribution in [0.2, 0.25) is 0 Å². The molecule has 0 saturated heterocycles. The lowest BCUT2D eigenvalue weighted by molar-refractivity contribution is -0.141. The van der Waals surface area contributed by atoms with Crippen molar-refractivity contribution in [2.75, 3.05) is 0 Å². The highest BCUT2D eigenvalue weighted by molar-refractivity contribution is 5.97. The Morgan fingerprint density at radius 2 is 1.95 bits per heavy atom. The summed E-state index contributed by atoms with van der Waals surface area (Å²) in [6.07, 6.45) is -2.43. The summed E-state index contributed by atoms with van der Waals surface area (Å²) in [5.74, 6) is -1.65. The number of Topliss-reactive ketones (excluding diaryl/α,β-unsaturated/α-hetero) is 1. The molecule has 0 amide bonds. The fourth-order valence-electron chi connectivity index (χ4n) is 1.73. The summed E-state index contributed by atoms with van der Waals surface area (Å²) in [5, 5.41) is 9.07. The fraction of sp³-hybridized carbons (Fsp3) is 0.154. The van der Waals surface area contributed by atoms with Gasteiger partial charge in [0.15, 0.2) is 5.78 Å². The Hall–Kier alpha value is -2.64. The van der Waals surface area contributed by atoms with Gasteiger partial charge in [-0.15, -0.1) is 0 Å². The van der Waals surface area contributed by atoms with Crippen molar-refractivity contribution < 1.29 is 27.9 Å². The molecule has 0 aliphatic heterocycles. The first-order chi connectivity index (χ1) is 9.70. The molecule has 2 rings (SSSR count). The lowest BCUT2D eigenvalue weighted by Gasteiger charge is -2.08. The molecule has 1 N–H and O–H groups in total. The first-order valence-electron chi connectivity index (χ1n) is 5.70. The van der Waals surface area contributed by atoms with Crippen LogP contribution in [0.4, 0.5) is 13.2 Å². The van der Waals surface area contributed by atoms with Crippen LogP contribution in [0.1, 0.15) is 33.5 Å². The van der Waals surface area contributed by atoms with Gasteiger partial charge in [0, 0.05) is 11.8 Å². The van der Waals surface area contributed by atoms with Gasteiger partial charge in [-0.3, -0.25) is 4.79 Å². The van der Waals surface area contributed by atoms with Crippen molar-refractivity contribution >= 4 is 11.8 Å². The van der Waals surface area contributed by atoms with E-state index in [1.54, 1.807) is 0 Å². The summed E-state index contributed by atoms with van der Waals surface area (Å²) in [4.78, 5) is 25.7. The Labute approximate surface area is 116 Å². The minimum atomic E-state index is -4.57. The standard InChI is InChI=1S/C13H9F3N2O3/c1-7(19)8-4-10(12(20)21)18(6-8)9-2-3-11(17-5-9)13(14,15)16/h2-6H,1H3,(H,20,21). The zero-order valence-electron chi connectivity index (χ0n) is 10.7. The number of carboxylic acids is 1. The number of carboxylic acid groups (broad SMARTS) is 1. The van der Waals surface area contributed by atoms with E-state index in [4.69, 9.17) is 5.11 Å². The van der Waals surface area contributed by atoms with Crippen molar-refractivity contribution in [3.63, 3.8) is 0 Å². The fourth-order valence-corrected chi connectivity index (χ4v) is 1.73. The van der Waals surface area contributed by atoms with Gasteiger partial charge >= 0.3 is 12.1 Å². The maximum atomic E-state index is 12.4. The van der Waals surface area contributed by atoms with E-state index < -0.39 is 17.8 Å². The monoisotopic (exact) mass is 298 g/mol. The molecular formula is C13H9F3N2O3. The minimum Gasteiger partial charge on any atom is -0.477 e. The second-order valence-electron chi connectivity index (χ2n) is 4.24. The lowest BCUT2D eigenvalue weighted by atomic mass is 10.2. The first-order valence-corrected chi connectivity index (χ1v) is 5.70. The van der Waals surface area contributed by atoms with Gasteiger partial charge in [0.1, 0.15) is 11.4 Å². The second kappa shape index (κ2) is 5.04. The van der Waals surface area contributed by atoms with Gasteiger partial charge in [0.2, 0.25) is 0 Å². The maximum absolute atomic E-state index is 12.4. The number of ketones is 1. The third-order valence-corrected chi connectivity index (χ3v) is 2.76. The zero-order valence-corrected chi connectivity index (χ0v) is 10.7. The Bertz CT molecular complexity index is 702. The van der Waals surface area contributed by atoms with E-state index >= 15 is 0 Å². The second-order valence-corrected chi connectivity index (χ2v) is 4.24. The van der Waals surface area contributed by atoms with Crippen molar-refractivity contribution in [3.05, 3.63) is 47.5 Å². The van der Waals surface area contributed by atoms with Gasteiger partial charge < -0.3 is 9.67 Å². The van der Waals surface area contributed by atoms with Crippen LogP contribution >= 0.6 is 0 Å². The van der Waals surface area contributed by atoms with E-state index in [2.05, 4.69) is 4.98 Å². The van der Waals surface area contributed by atoms with Crippen molar-refractivity contribution in [3.8, 4) is 5.69 Å². The average Bonchev–Trinajstić information content (AvgIpc) is 2.83. The van der Waals surface area contributed by atoms with Gasteiger partial charge in [0.05, 0.1) is 11.9 Å². The number of carbonyl (C=O) groups is 2. The van der Waals surface area contributed by atoms with Gasteiger partial charge in [-0.05, 0) is 25.1 Å². The van der Waals surface area contributed by atoms with Crippen molar-refractivity contribution in [1.82, 2.24) is 9.55 Å². The smallest absolute Gasteiger partial charge is 0.433 e. The Kier molecular flexibility index (Phi) is 3.54. The van der Waals surface area contributed by atoms with Crippen LogP contribution in [0.25, 0.3) is 5.69 Å². The molecule has 110 valence electrons. The summed E-state index contributed by atoms with van der Waals surface area (Å²) >= 11 is 0. The maximum Gasteiger partial charge on any atom is 0.433 e. The minimum absolute atomic E-state index is 0.118. The van der Waals surface area contributed by atoms with E-state index in [0.717, 1.165) is 29.0 Å². The molecule has 0 aliphatic rings. The average molecular weight is 298 g/mol. The first kappa shape index (κ1) is 14.8. The summed E-state index contributed by atoms with van der Waals surface area (Å²) in [6, 6.07) is 2.99. The summed E-state index contributed by atoms with van der Waals surface area (Å²) < 4.78 is 38.4. The van der Waals surface area contributed by atoms with Crippen molar-refractivity contribution in [2.45, 2.75) is 13.1 Å². The Morgan fingerprint density at radius 1 is 1.29 bits per heavy atom. The molecule has 0 saturated carbocycles. The molecule has 5 nitrogen and oxygen atoms in total. The molecule has 21 heavy (non-hydrogen) atoms. The quantitative estimate of drug-likeness (QED) is 0.884. The van der Waals surface area contributed by atoms with Gasteiger partial charge in [0.25, 0.3) is 0 Å². The molecule has 2 aromatic heterocycles. The molecule has 0 atom stereocenters. The number of nitrogens with zero attached hydrogens (tertiary/aromatic N) is 2. The van der Waals surface area contributed by atoms with Gasteiger partial charge in [-0.2, -0.15) is 13.2 Å². The van der Waals surface area contributed by atoms with Crippen LogP contribution in [-0.2, 0) is 6.18 Å². The number of hydrogen-bond donors (Lipinski definition) is 1. The summed E-state index contributed by atoms with van der Waals surface area (Å²) in [5.41, 5.74) is -1.05. The number of carbonyl (C=O) groups excluding carboxylic acids is 1. The molecule has 8 heteroatoms. The molecule has 0 radical (unpaired) electrons. The predicted octanol–water partition coefficient (Wildman–Crippen LogP) is 2.79. The highest BCUT2D eigenvalue weighted by atomic mass is 19.4. The van der Waals surface area contributed by atoms with Crippen LogP contribution in [0.5, 0.6) is 0 Å². The molecule has 0 fully saturated rings. The molecule has 0 bridgehead atoms. The van der Waals surface area contributed by atoms with Crippen LogP contribution < -0.4 is 0 Å². The molecule has 0 unspecified atom stereocenters. The largest absolute Gasteiger partial charge is 0.477 e. The van der Waals surface area contributed by atoms with E-state index in [0.29, 0.717) is 0 Å². The lowest BCUT2D eigenvalue weighted by Crippen LogP contribution is -2.10. The van der Waals surface area contributed by atoms with Gasteiger partial charge in [-0.25, -0.2) is 9.78 Å². The van der Waals surface area contributed by atoms with Crippen LogP contribution in [0, 0.1) is 0 Å². The number of alkyl halides is 3. The topological polar surface area (TPSA) is 72.2 Å². The van der Waals surface area contributed by atoms with Crippen molar-refractivity contribution in [2.24, 2.45) is 0 Å². The summed E-state index contributed by atoms with van der Waals surface area (Å²) in [6.45, 7) is 1.26. The normalized spacial score (nSPS) is 11.4. The molecule has 0 aromatic carbocycles. The van der Waals surface area contributed by atoms with E-state index in [1.807, 2.05) is 0 Å². The van der Waals surface area contributed by atoms with E-state index in [9.17, 15) is 22.8 Å². The molecule has 2 aromatic rings.